The summed E-state index contributed by atoms with van der Waals surface area (Å²) in [4.78, 5) is 1.26. The van der Waals surface area contributed by atoms with E-state index >= 15 is 0 Å². The Kier molecular flexibility index (Phi) is 6.18. The Morgan fingerprint density at radius 1 is 1.44 bits per heavy atom. The van der Waals surface area contributed by atoms with Gasteiger partial charge < -0.3 is 10.1 Å². The number of hydrogen-bond acceptors (Lipinski definition) is 5. The van der Waals surface area contributed by atoms with Gasteiger partial charge in [-0.25, -0.2) is 0 Å². The maximum Gasteiger partial charge on any atom is 0.0772 e. The molecule has 0 aliphatic carbocycles. The fourth-order valence-electron chi connectivity index (χ4n) is 1.80. The van der Waals surface area contributed by atoms with Gasteiger partial charge in [0, 0.05) is 13.2 Å². The topological polar surface area (TPSA) is 47.0 Å². The van der Waals surface area contributed by atoms with Gasteiger partial charge >= 0.3 is 0 Å². The number of nitrogens with one attached hydrogen (secondary N) is 1. The van der Waals surface area contributed by atoms with E-state index in [1.807, 2.05) is 6.92 Å². The van der Waals surface area contributed by atoms with Crippen LogP contribution in [0.3, 0.4) is 0 Å². The van der Waals surface area contributed by atoms with Crippen LogP contribution in [0.2, 0.25) is 0 Å². The second kappa shape index (κ2) is 7.16. The van der Waals surface area contributed by atoms with Crippen molar-refractivity contribution in [1.82, 2.24) is 14.9 Å². The highest BCUT2D eigenvalue weighted by Crippen LogP contribution is 2.27. The minimum atomic E-state index is -0.0713. The van der Waals surface area contributed by atoms with Crippen molar-refractivity contribution in [1.29, 1.82) is 0 Å². The van der Waals surface area contributed by atoms with Crippen molar-refractivity contribution in [2.45, 2.75) is 58.6 Å². The molecular weight excluding hydrogens is 246 g/mol. The smallest absolute Gasteiger partial charge is 0.0772 e. The SMILES string of the molecule is CCCNC(CCC(C)(C)OC)c1snnc1C. The van der Waals surface area contributed by atoms with Crippen molar-refractivity contribution in [3.05, 3.63) is 10.6 Å². The van der Waals surface area contributed by atoms with Gasteiger partial charge in [0.15, 0.2) is 0 Å². The van der Waals surface area contributed by atoms with E-state index in [4.69, 9.17) is 4.74 Å². The molecular formula is C13H25N3OS. The summed E-state index contributed by atoms with van der Waals surface area (Å²) in [5, 5.41) is 7.69. The van der Waals surface area contributed by atoms with E-state index in [2.05, 4.69) is 35.7 Å². The molecule has 0 fully saturated rings. The summed E-state index contributed by atoms with van der Waals surface area (Å²) < 4.78 is 9.52. The Labute approximate surface area is 114 Å². The molecule has 0 saturated carbocycles. The van der Waals surface area contributed by atoms with Crippen LogP contribution in [-0.4, -0.2) is 28.8 Å². The van der Waals surface area contributed by atoms with Crippen LogP contribution in [0, 0.1) is 6.92 Å². The molecule has 0 bridgehead atoms. The Morgan fingerprint density at radius 2 is 2.17 bits per heavy atom. The Balaban J connectivity index is 2.65. The van der Waals surface area contributed by atoms with Crippen molar-refractivity contribution in [2.75, 3.05) is 13.7 Å². The molecule has 1 aromatic heterocycles. The van der Waals surface area contributed by atoms with Crippen LogP contribution in [0.4, 0.5) is 0 Å². The molecule has 1 heterocycles. The average molecular weight is 271 g/mol. The molecule has 4 nitrogen and oxygen atoms in total. The molecule has 0 saturated heterocycles. The Hall–Kier alpha value is -0.520. The van der Waals surface area contributed by atoms with Gasteiger partial charge in [-0.15, -0.1) is 5.10 Å². The third-order valence-corrected chi connectivity index (χ3v) is 4.17. The van der Waals surface area contributed by atoms with Gasteiger partial charge in [-0.1, -0.05) is 11.4 Å². The quantitative estimate of drug-likeness (QED) is 0.789. The van der Waals surface area contributed by atoms with Crippen molar-refractivity contribution in [2.24, 2.45) is 0 Å². The van der Waals surface area contributed by atoms with Gasteiger partial charge in [-0.2, -0.15) is 0 Å². The summed E-state index contributed by atoms with van der Waals surface area (Å²) in [6, 6.07) is 0.347. The van der Waals surface area contributed by atoms with Gasteiger partial charge in [-0.05, 0) is 58.1 Å². The van der Waals surface area contributed by atoms with E-state index in [1.165, 1.54) is 16.4 Å². The molecule has 1 N–H and O–H groups in total. The third-order valence-electron chi connectivity index (χ3n) is 3.23. The average Bonchev–Trinajstić information content (AvgIpc) is 2.76. The number of methoxy groups -OCH3 is 1. The normalized spacial score (nSPS) is 13.8. The van der Waals surface area contributed by atoms with E-state index in [0.29, 0.717) is 6.04 Å². The van der Waals surface area contributed by atoms with Crippen LogP contribution in [0.25, 0.3) is 0 Å². The number of hydrogen-bond donors (Lipinski definition) is 1. The van der Waals surface area contributed by atoms with Gasteiger partial charge in [0.1, 0.15) is 0 Å². The molecule has 1 rings (SSSR count). The Bertz CT molecular complexity index is 352. The van der Waals surface area contributed by atoms with Crippen LogP contribution in [0.15, 0.2) is 0 Å². The van der Waals surface area contributed by atoms with Crippen molar-refractivity contribution in [3.8, 4) is 0 Å². The van der Waals surface area contributed by atoms with Crippen LogP contribution in [-0.2, 0) is 4.74 Å². The van der Waals surface area contributed by atoms with E-state index in [-0.39, 0.29) is 5.60 Å². The summed E-state index contributed by atoms with van der Waals surface area (Å²) in [5.41, 5.74) is 0.974. The fourth-order valence-corrected chi connectivity index (χ4v) is 2.55. The first-order valence-corrected chi connectivity index (χ1v) is 7.35. The van der Waals surface area contributed by atoms with Crippen LogP contribution < -0.4 is 5.32 Å². The molecule has 0 amide bonds. The second-order valence-electron chi connectivity index (χ2n) is 5.23. The highest BCUT2D eigenvalue weighted by atomic mass is 32.1. The highest BCUT2D eigenvalue weighted by molar-refractivity contribution is 7.05. The standard InChI is InChI=1S/C13H25N3OS/c1-6-9-14-11(7-8-13(3,4)17-5)12-10(2)15-16-18-12/h11,14H,6-9H2,1-5H3. The van der Waals surface area contributed by atoms with Crippen LogP contribution in [0.5, 0.6) is 0 Å². The fraction of sp³-hybridized carbons (Fsp3) is 0.846. The second-order valence-corrected chi connectivity index (χ2v) is 6.02. The summed E-state index contributed by atoms with van der Waals surface area (Å²) in [7, 11) is 1.77. The first kappa shape index (κ1) is 15.5. The summed E-state index contributed by atoms with van der Waals surface area (Å²) >= 11 is 1.50. The zero-order valence-corrected chi connectivity index (χ0v) is 12.9. The minimum absolute atomic E-state index is 0.0713. The van der Waals surface area contributed by atoms with Crippen molar-refractivity contribution >= 4 is 11.5 Å². The number of ether oxygens (including phenoxy) is 1. The van der Waals surface area contributed by atoms with E-state index in [1.54, 1.807) is 7.11 Å². The van der Waals surface area contributed by atoms with Gasteiger partial charge in [0.05, 0.1) is 16.2 Å². The van der Waals surface area contributed by atoms with E-state index < -0.39 is 0 Å². The number of nitrogens with zero attached hydrogens (tertiary/aromatic N) is 2. The number of rotatable bonds is 8. The highest BCUT2D eigenvalue weighted by Gasteiger charge is 2.22. The van der Waals surface area contributed by atoms with Gasteiger partial charge in [0.25, 0.3) is 0 Å². The molecule has 1 unspecified atom stereocenters. The molecule has 5 heteroatoms. The summed E-state index contributed by atoms with van der Waals surface area (Å²) in [6.07, 6.45) is 3.20. The summed E-state index contributed by atoms with van der Waals surface area (Å²) in [6.45, 7) is 9.49. The zero-order valence-electron chi connectivity index (χ0n) is 12.1. The maximum absolute atomic E-state index is 5.48. The summed E-state index contributed by atoms with van der Waals surface area (Å²) in [5.74, 6) is 0. The predicted octanol–water partition coefficient (Wildman–Crippen LogP) is 3.09. The van der Waals surface area contributed by atoms with Gasteiger partial charge in [0.2, 0.25) is 0 Å². The lowest BCUT2D eigenvalue weighted by Crippen LogP contribution is -2.27. The first-order valence-electron chi connectivity index (χ1n) is 6.57. The maximum atomic E-state index is 5.48. The van der Waals surface area contributed by atoms with Crippen LogP contribution in [0.1, 0.15) is 56.6 Å². The lowest BCUT2D eigenvalue weighted by Gasteiger charge is -2.26. The predicted molar refractivity (Wildman–Crippen MR) is 76.0 cm³/mol. The molecule has 18 heavy (non-hydrogen) atoms. The molecule has 104 valence electrons. The molecule has 0 radical (unpaired) electrons. The lowest BCUT2D eigenvalue weighted by atomic mass is 9.97. The molecule has 1 atom stereocenters. The minimum Gasteiger partial charge on any atom is -0.379 e. The number of aryl methyl sites for hydroxylation is 1. The number of aromatic nitrogens is 2. The largest absolute Gasteiger partial charge is 0.379 e. The van der Waals surface area contributed by atoms with Crippen LogP contribution >= 0.6 is 11.5 Å². The van der Waals surface area contributed by atoms with E-state index in [9.17, 15) is 0 Å². The molecule has 0 aliphatic heterocycles. The van der Waals surface area contributed by atoms with Crippen molar-refractivity contribution in [3.63, 3.8) is 0 Å². The zero-order chi connectivity index (χ0) is 13.6. The first-order chi connectivity index (χ1) is 8.50. The molecule has 1 aromatic rings. The Morgan fingerprint density at radius 3 is 2.67 bits per heavy atom. The molecule has 0 aromatic carbocycles. The monoisotopic (exact) mass is 271 g/mol. The van der Waals surface area contributed by atoms with Crippen molar-refractivity contribution < 1.29 is 4.74 Å². The van der Waals surface area contributed by atoms with E-state index in [0.717, 1.165) is 31.5 Å². The third kappa shape index (κ3) is 4.63. The molecule has 0 aliphatic rings. The molecule has 0 spiro atoms. The lowest BCUT2D eigenvalue weighted by molar-refractivity contribution is 0.0117. The van der Waals surface area contributed by atoms with Gasteiger partial charge in [-0.3, -0.25) is 0 Å².